The van der Waals surface area contributed by atoms with Gasteiger partial charge in [-0.05, 0) is 55.9 Å². The fourth-order valence-corrected chi connectivity index (χ4v) is 4.52. The van der Waals surface area contributed by atoms with E-state index in [4.69, 9.17) is 4.74 Å². The first-order chi connectivity index (χ1) is 12.5. The lowest BCUT2D eigenvalue weighted by Crippen LogP contribution is -2.46. The third kappa shape index (κ3) is 2.52. The van der Waals surface area contributed by atoms with Gasteiger partial charge in [-0.2, -0.15) is 0 Å². The molecule has 0 unspecified atom stereocenters. The molecule has 1 aromatic carbocycles. The molecule has 136 valence electrons. The van der Waals surface area contributed by atoms with Gasteiger partial charge in [-0.3, -0.25) is 19.3 Å². The van der Waals surface area contributed by atoms with Gasteiger partial charge in [0.25, 0.3) is 0 Å². The fourth-order valence-electron chi connectivity index (χ4n) is 4.52. The number of imide groups is 1. The SMILES string of the molecule is COc1ccc(NC(=O)[C@H](C)N2C(=O)[C@H]3[C@H](C2=O)[C@H]2C=C[C@H]3CC2)cc1. The second-order valence-corrected chi connectivity index (χ2v) is 7.28. The summed E-state index contributed by atoms with van der Waals surface area (Å²) in [4.78, 5) is 39.6. The molecule has 3 aliphatic carbocycles. The number of carbonyl (C=O) groups is 3. The number of benzene rings is 1. The van der Waals surface area contributed by atoms with Crippen LogP contribution in [0.3, 0.4) is 0 Å². The van der Waals surface area contributed by atoms with Gasteiger partial charge in [0, 0.05) is 5.69 Å². The van der Waals surface area contributed by atoms with Crippen LogP contribution in [0.5, 0.6) is 5.75 Å². The van der Waals surface area contributed by atoms with Crippen molar-refractivity contribution in [2.24, 2.45) is 23.7 Å². The Hall–Kier alpha value is -2.63. The fraction of sp³-hybridized carbons (Fsp3) is 0.450. The molecule has 5 rings (SSSR count). The highest BCUT2D eigenvalue weighted by Gasteiger charge is 2.58. The number of carbonyl (C=O) groups excluding carboxylic acids is 3. The zero-order valence-electron chi connectivity index (χ0n) is 14.8. The van der Waals surface area contributed by atoms with Crippen LogP contribution in [0.25, 0.3) is 0 Å². The Morgan fingerprint density at radius 1 is 1.08 bits per heavy atom. The lowest BCUT2D eigenvalue weighted by atomic mass is 9.63. The molecule has 1 saturated carbocycles. The van der Waals surface area contributed by atoms with Crippen LogP contribution in [0, 0.1) is 23.7 Å². The third-order valence-electron chi connectivity index (χ3n) is 5.92. The highest BCUT2D eigenvalue weighted by molar-refractivity contribution is 6.10. The van der Waals surface area contributed by atoms with E-state index in [0.29, 0.717) is 11.4 Å². The number of allylic oxidation sites excluding steroid dienone is 2. The van der Waals surface area contributed by atoms with Gasteiger partial charge in [0.15, 0.2) is 0 Å². The van der Waals surface area contributed by atoms with Crippen LogP contribution >= 0.6 is 0 Å². The summed E-state index contributed by atoms with van der Waals surface area (Å²) in [6.45, 7) is 1.61. The Bertz CT molecular complexity index is 754. The van der Waals surface area contributed by atoms with E-state index in [-0.39, 0.29) is 41.4 Å². The highest BCUT2D eigenvalue weighted by Crippen LogP contribution is 2.49. The summed E-state index contributed by atoms with van der Waals surface area (Å²) < 4.78 is 5.10. The predicted molar refractivity (Wildman–Crippen MR) is 95.3 cm³/mol. The summed E-state index contributed by atoms with van der Waals surface area (Å²) in [6, 6.07) is 6.10. The molecule has 0 radical (unpaired) electrons. The number of nitrogens with one attached hydrogen (secondary N) is 1. The molecular formula is C20H22N2O4. The molecule has 3 amide bonds. The molecule has 2 bridgehead atoms. The Labute approximate surface area is 152 Å². The van der Waals surface area contributed by atoms with Crippen molar-refractivity contribution in [1.29, 1.82) is 0 Å². The molecule has 26 heavy (non-hydrogen) atoms. The van der Waals surface area contributed by atoms with Crippen LogP contribution in [-0.2, 0) is 14.4 Å². The first-order valence-electron chi connectivity index (χ1n) is 9.01. The van der Waals surface area contributed by atoms with Crippen molar-refractivity contribution < 1.29 is 19.1 Å². The van der Waals surface area contributed by atoms with Crippen molar-refractivity contribution in [3.05, 3.63) is 36.4 Å². The van der Waals surface area contributed by atoms with Crippen LogP contribution < -0.4 is 10.1 Å². The van der Waals surface area contributed by atoms with Gasteiger partial charge in [-0.25, -0.2) is 0 Å². The number of fused-ring (bicyclic) bond motifs is 1. The molecule has 1 N–H and O–H groups in total. The summed E-state index contributed by atoms with van der Waals surface area (Å²) in [6.07, 6.45) is 6.04. The van der Waals surface area contributed by atoms with Gasteiger partial charge in [0.1, 0.15) is 11.8 Å². The Balaban J connectivity index is 1.50. The van der Waals surface area contributed by atoms with Crippen molar-refractivity contribution in [1.82, 2.24) is 4.90 Å². The minimum absolute atomic E-state index is 0.128. The van der Waals surface area contributed by atoms with E-state index in [9.17, 15) is 14.4 Å². The topological polar surface area (TPSA) is 75.7 Å². The first-order valence-corrected chi connectivity index (χ1v) is 9.01. The second-order valence-electron chi connectivity index (χ2n) is 7.28. The van der Waals surface area contributed by atoms with Crippen LogP contribution in [0.4, 0.5) is 5.69 Å². The molecule has 4 aliphatic rings. The van der Waals surface area contributed by atoms with Gasteiger partial charge in [0.05, 0.1) is 18.9 Å². The smallest absolute Gasteiger partial charge is 0.247 e. The molecule has 6 heteroatoms. The van der Waals surface area contributed by atoms with E-state index in [1.165, 1.54) is 4.90 Å². The zero-order chi connectivity index (χ0) is 18.4. The van der Waals surface area contributed by atoms with Crippen molar-refractivity contribution in [3.8, 4) is 5.75 Å². The quantitative estimate of drug-likeness (QED) is 0.664. The van der Waals surface area contributed by atoms with Crippen LogP contribution in [0.15, 0.2) is 36.4 Å². The number of hydrogen-bond donors (Lipinski definition) is 1. The maximum Gasteiger partial charge on any atom is 0.247 e. The van der Waals surface area contributed by atoms with Gasteiger partial charge in [-0.15, -0.1) is 0 Å². The Morgan fingerprint density at radius 2 is 1.62 bits per heavy atom. The molecular weight excluding hydrogens is 332 g/mol. The van der Waals surface area contributed by atoms with E-state index >= 15 is 0 Å². The van der Waals surface area contributed by atoms with E-state index in [0.717, 1.165) is 12.8 Å². The van der Waals surface area contributed by atoms with Crippen molar-refractivity contribution in [2.45, 2.75) is 25.8 Å². The summed E-state index contributed by atoms with van der Waals surface area (Å²) in [5.41, 5.74) is 0.598. The standard InChI is InChI=1S/C20H22N2O4/c1-11(18(23)21-14-7-9-15(26-2)10-8-14)22-19(24)16-12-3-4-13(6-5-12)17(16)20(22)25/h3-4,7-13,16-17H,5-6H2,1-2H3,(H,21,23)/t11-,12-,13-,16+,17+/m0/s1. The number of methoxy groups -OCH3 is 1. The van der Waals surface area contributed by atoms with Gasteiger partial charge < -0.3 is 10.1 Å². The number of rotatable bonds is 4. The van der Waals surface area contributed by atoms with Crippen molar-refractivity contribution in [3.63, 3.8) is 0 Å². The lowest BCUT2D eigenvalue weighted by molar-refractivity contribution is -0.146. The molecule has 2 fully saturated rings. The van der Waals surface area contributed by atoms with Crippen molar-refractivity contribution >= 4 is 23.4 Å². The third-order valence-corrected chi connectivity index (χ3v) is 5.92. The van der Waals surface area contributed by atoms with Gasteiger partial charge >= 0.3 is 0 Å². The van der Waals surface area contributed by atoms with Crippen LogP contribution in [-0.4, -0.2) is 35.8 Å². The molecule has 1 saturated heterocycles. The van der Waals surface area contributed by atoms with Crippen LogP contribution in [0.1, 0.15) is 19.8 Å². The summed E-state index contributed by atoms with van der Waals surface area (Å²) in [5, 5.41) is 2.77. The number of nitrogens with zero attached hydrogens (tertiary/aromatic N) is 1. The number of likely N-dealkylation sites (tertiary alicyclic amines) is 1. The van der Waals surface area contributed by atoms with E-state index < -0.39 is 6.04 Å². The molecule has 0 aromatic heterocycles. The molecule has 5 atom stereocenters. The molecule has 6 nitrogen and oxygen atoms in total. The minimum atomic E-state index is -0.831. The number of hydrogen-bond acceptors (Lipinski definition) is 4. The maximum absolute atomic E-state index is 12.9. The molecule has 1 aliphatic heterocycles. The molecule has 1 heterocycles. The predicted octanol–water partition coefficient (Wildman–Crippen LogP) is 2.22. The summed E-state index contributed by atoms with van der Waals surface area (Å²) in [7, 11) is 1.57. The summed E-state index contributed by atoms with van der Waals surface area (Å²) >= 11 is 0. The normalized spacial score (nSPS) is 30.3. The minimum Gasteiger partial charge on any atom is -0.497 e. The van der Waals surface area contributed by atoms with Crippen molar-refractivity contribution in [2.75, 3.05) is 12.4 Å². The number of anilines is 1. The largest absolute Gasteiger partial charge is 0.497 e. The maximum atomic E-state index is 12.9. The zero-order valence-corrected chi connectivity index (χ0v) is 14.8. The molecule has 1 aromatic rings. The van der Waals surface area contributed by atoms with Crippen LogP contribution in [0.2, 0.25) is 0 Å². The van der Waals surface area contributed by atoms with E-state index in [1.807, 2.05) is 0 Å². The highest BCUT2D eigenvalue weighted by atomic mass is 16.5. The Kier molecular flexibility index (Phi) is 4.05. The lowest BCUT2D eigenvalue weighted by Gasteiger charge is -2.38. The van der Waals surface area contributed by atoms with Gasteiger partial charge in [0.2, 0.25) is 17.7 Å². The Morgan fingerprint density at radius 3 is 2.08 bits per heavy atom. The van der Waals surface area contributed by atoms with Gasteiger partial charge in [-0.1, -0.05) is 12.2 Å². The number of amides is 3. The average molecular weight is 354 g/mol. The summed E-state index contributed by atoms with van der Waals surface area (Å²) in [5.74, 6) is -0.395. The first kappa shape index (κ1) is 16.8. The monoisotopic (exact) mass is 354 g/mol. The molecule has 0 spiro atoms. The second kappa shape index (κ2) is 6.27. The average Bonchev–Trinajstić information content (AvgIpc) is 2.95. The van der Waals surface area contributed by atoms with E-state index in [1.54, 1.807) is 38.3 Å². The number of ether oxygens (including phenoxy) is 1. The van der Waals surface area contributed by atoms with E-state index in [2.05, 4.69) is 17.5 Å².